The van der Waals surface area contributed by atoms with Crippen molar-refractivity contribution in [3.63, 3.8) is 0 Å². The Morgan fingerprint density at radius 1 is 1.35 bits per heavy atom. The molecule has 1 aliphatic heterocycles. The fourth-order valence-electron chi connectivity index (χ4n) is 2.75. The van der Waals surface area contributed by atoms with Crippen LogP contribution in [-0.2, 0) is 6.54 Å². The van der Waals surface area contributed by atoms with E-state index in [-0.39, 0.29) is 6.04 Å². The van der Waals surface area contributed by atoms with Gasteiger partial charge in [0, 0.05) is 11.6 Å². The molecule has 0 bridgehead atoms. The highest BCUT2D eigenvalue weighted by Gasteiger charge is 2.28. The van der Waals surface area contributed by atoms with Gasteiger partial charge in [-0.05, 0) is 37.9 Å². The van der Waals surface area contributed by atoms with E-state index in [1.165, 1.54) is 12.8 Å². The number of benzene rings is 1. The van der Waals surface area contributed by atoms with Crippen LogP contribution < -0.4 is 0 Å². The summed E-state index contributed by atoms with van der Waals surface area (Å²) in [6.07, 6.45) is 3.46. The van der Waals surface area contributed by atoms with E-state index >= 15 is 0 Å². The van der Waals surface area contributed by atoms with Crippen LogP contribution in [0.5, 0.6) is 0 Å². The monoisotopic (exact) mass is 291 g/mol. The fraction of sp³-hybridized carbons (Fsp3) is 0.467. The Balaban J connectivity index is 1.81. The molecule has 0 radical (unpaired) electrons. The Morgan fingerprint density at radius 2 is 2.20 bits per heavy atom. The van der Waals surface area contributed by atoms with Crippen LogP contribution in [0.4, 0.5) is 0 Å². The third-order valence-corrected chi connectivity index (χ3v) is 4.14. The molecule has 2 heterocycles. The molecule has 2 aromatic rings. The molecule has 1 fully saturated rings. The molecule has 1 atom stereocenters. The Labute approximate surface area is 123 Å². The number of piperidine rings is 1. The van der Waals surface area contributed by atoms with Gasteiger partial charge in [0.05, 0.1) is 6.04 Å². The summed E-state index contributed by atoms with van der Waals surface area (Å²) in [6.45, 7) is 3.72. The number of likely N-dealkylation sites (tertiary alicyclic amines) is 1. The zero-order valence-corrected chi connectivity index (χ0v) is 12.3. The molecule has 0 N–H and O–H groups in total. The first-order chi connectivity index (χ1) is 9.74. The molecule has 4 nitrogen and oxygen atoms in total. The van der Waals surface area contributed by atoms with Gasteiger partial charge in [-0.1, -0.05) is 41.4 Å². The lowest BCUT2D eigenvalue weighted by molar-refractivity contribution is 0.111. The SMILES string of the molecule is Cc1noc(C2CCCCN2Cc2ccccc2Cl)n1. The second-order valence-electron chi connectivity index (χ2n) is 5.25. The van der Waals surface area contributed by atoms with Gasteiger partial charge >= 0.3 is 0 Å². The molecule has 5 heteroatoms. The van der Waals surface area contributed by atoms with E-state index in [4.69, 9.17) is 16.1 Å². The molecule has 0 saturated carbocycles. The van der Waals surface area contributed by atoms with Crippen LogP contribution in [0.15, 0.2) is 28.8 Å². The van der Waals surface area contributed by atoms with E-state index in [9.17, 15) is 0 Å². The van der Waals surface area contributed by atoms with Gasteiger partial charge < -0.3 is 4.52 Å². The first kappa shape index (κ1) is 13.6. The van der Waals surface area contributed by atoms with Gasteiger partial charge in [-0.15, -0.1) is 0 Å². The number of halogens is 1. The van der Waals surface area contributed by atoms with E-state index in [0.29, 0.717) is 5.82 Å². The summed E-state index contributed by atoms with van der Waals surface area (Å²) in [4.78, 5) is 6.78. The van der Waals surface area contributed by atoms with Crippen LogP contribution in [0.25, 0.3) is 0 Å². The number of hydrogen-bond donors (Lipinski definition) is 0. The van der Waals surface area contributed by atoms with E-state index in [1.807, 2.05) is 25.1 Å². The van der Waals surface area contributed by atoms with Crippen molar-refractivity contribution in [2.75, 3.05) is 6.54 Å². The van der Waals surface area contributed by atoms with Crippen molar-refractivity contribution < 1.29 is 4.52 Å². The van der Waals surface area contributed by atoms with Gasteiger partial charge in [0.1, 0.15) is 0 Å². The van der Waals surface area contributed by atoms with Crippen molar-refractivity contribution in [3.05, 3.63) is 46.6 Å². The van der Waals surface area contributed by atoms with Gasteiger partial charge in [-0.3, -0.25) is 4.90 Å². The predicted octanol–water partition coefficient (Wildman–Crippen LogP) is 3.76. The largest absolute Gasteiger partial charge is 0.338 e. The molecule has 1 aromatic heterocycles. The maximum absolute atomic E-state index is 6.26. The fourth-order valence-corrected chi connectivity index (χ4v) is 2.95. The minimum Gasteiger partial charge on any atom is -0.338 e. The summed E-state index contributed by atoms with van der Waals surface area (Å²) < 4.78 is 5.37. The summed E-state index contributed by atoms with van der Waals surface area (Å²) in [5, 5.41) is 4.73. The second kappa shape index (κ2) is 5.94. The van der Waals surface area contributed by atoms with Gasteiger partial charge in [0.15, 0.2) is 5.82 Å². The molecule has 1 aliphatic rings. The molecule has 1 aromatic carbocycles. The summed E-state index contributed by atoms with van der Waals surface area (Å²) in [5.74, 6) is 1.43. The zero-order valence-electron chi connectivity index (χ0n) is 11.6. The molecule has 0 aliphatic carbocycles. The number of rotatable bonds is 3. The van der Waals surface area contributed by atoms with Crippen LogP contribution in [0, 0.1) is 6.92 Å². The average Bonchev–Trinajstić information content (AvgIpc) is 2.88. The molecule has 3 rings (SSSR count). The first-order valence-corrected chi connectivity index (χ1v) is 7.39. The van der Waals surface area contributed by atoms with Crippen molar-refractivity contribution in [2.45, 2.75) is 38.8 Å². The van der Waals surface area contributed by atoms with E-state index in [2.05, 4.69) is 21.1 Å². The van der Waals surface area contributed by atoms with Crippen LogP contribution in [-0.4, -0.2) is 21.6 Å². The zero-order chi connectivity index (χ0) is 13.9. The Morgan fingerprint density at radius 3 is 2.95 bits per heavy atom. The number of hydrogen-bond acceptors (Lipinski definition) is 4. The number of aryl methyl sites for hydroxylation is 1. The highest BCUT2D eigenvalue weighted by atomic mass is 35.5. The van der Waals surface area contributed by atoms with Crippen LogP contribution in [0.3, 0.4) is 0 Å². The molecule has 1 unspecified atom stereocenters. The Kier molecular flexibility index (Phi) is 4.03. The standard InChI is InChI=1S/C15H18ClN3O/c1-11-17-15(20-18-11)14-8-4-5-9-19(14)10-12-6-2-3-7-13(12)16/h2-3,6-7,14H,4-5,8-10H2,1H3. The average molecular weight is 292 g/mol. The molecular formula is C15H18ClN3O. The highest BCUT2D eigenvalue weighted by molar-refractivity contribution is 6.31. The van der Waals surface area contributed by atoms with Gasteiger partial charge in [0.25, 0.3) is 0 Å². The first-order valence-electron chi connectivity index (χ1n) is 7.01. The Bertz CT molecular complexity index is 584. The summed E-state index contributed by atoms with van der Waals surface area (Å²) >= 11 is 6.26. The Hall–Kier alpha value is -1.39. The van der Waals surface area contributed by atoms with E-state index in [0.717, 1.165) is 36.0 Å². The molecule has 106 valence electrons. The quantitative estimate of drug-likeness (QED) is 0.863. The summed E-state index contributed by atoms with van der Waals surface area (Å²) in [5.41, 5.74) is 1.15. The molecule has 20 heavy (non-hydrogen) atoms. The van der Waals surface area contributed by atoms with Crippen molar-refractivity contribution >= 4 is 11.6 Å². The molecule has 0 amide bonds. The third kappa shape index (κ3) is 2.86. The summed E-state index contributed by atoms with van der Waals surface area (Å²) in [6, 6.07) is 8.21. The minimum absolute atomic E-state index is 0.209. The third-order valence-electron chi connectivity index (χ3n) is 3.77. The lowest BCUT2D eigenvalue weighted by Gasteiger charge is -2.33. The summed E-state index contributed by atoms with van der Waals surface area (Å²) in [7, 11) is 0. The second-order valence-corrected chi connectivity index (χ2v) is 5.66. The van der Waals surface area contributed by atoms with E-state index in [1.54, 1.807) is 0 Å². The van der Waals surface area contributed by atoms with Gasteiger partial charge in [-0.25, -0.2) is 0 Å². The van der Waals surface area contributed by atoms with Crippen molar-refractivity contribution in [3.8, 4) is 0 Å². The topological polar surface area (TPSA) is 42.2 Å². The number of aromatic nitrogens is 2. The van der Waals surface area contributed by atoms with E-state index < -0.39 is 0 Å². The lowest BCUT2D eigenvalue weighted by atomic mass is 10.0. The van der Waals surface area contributed by atoms with Gasteiger partial charge in [0.2, 0.25) is 5.89 Å². The molecule has 1 saturated heterocycles. The lowest BCUT2D eigenvalue weighted by Crippen LogP contribution is -2.33. The maximum atomic E-state index is 6.26. The number of nitrogens with zero attached hydrogens (tertiary/aromatic N) is 3. The van der Waals surface area contributed by atoms with Crippen molar-refractivity contribution in [1.82, 2.24) is 15.0 Å². The van der Waals surface area contributed by atoms with Crippen molar-refractivity contribution in [2.24, 2.45) is 0 Å². The van der Waals surface area contributed by atoms with Crippen LogP contribution in [0.1, 0.15) is 42.6 Å². The highest BCUT2D eigenvalue weighted by Crippen LogP contribution is 2.32. The molecule has 0 spiro atoms. The van der Waals surface area contributed by atoms with Crippen LogP contribution in [0.2, 0.25) is 5.02 Å². The van der Waals surface area contributed by atoms with Crippen molar-refractivity contribution in [1.29, 1.82) is 0 Å². The predicted molar refractivity (Wildman–Crippen MR) is 77.5 cm³/mol. The van der Waals surface area contributed by atoms with Crippen LogP contribution >= 0.6 is 11.6 Å². The maximum Gasteiger partial charge on any atom is 0.243 e. The minimum atomic E-state index is 0.209. The molecular weight excluding hydrogens is 274 g/mol. The van der Waals surface area contributed by atoms with Gasteiger partial charge in [-0.2, -0.15) is 4.98 Å². The smallest absolute Gasteiger partial charge is 0.243 e. The normalized spacial score (nSPS) is 20.2.